The number of ether oxygens (including phenoxy) is 1. The minimum absolute atomic E-state index is 0.313. The number of benzene rings is 1. The highest BCUT2D eigenvalue weighted by Gasteiger charge is 2.29. The van der Waals surface area contributed by atoms with Crippen molar-refractivity contribution < 1.29 is 9.84 Å². The lowest BCUT2D eigenvalue weighted by Gasteiger charge is -2.36. The second-order valence-corrected chi connectivity index (χ2v) is 6.17. The standard InChI is InChI=1S/C17H25NO2/c1-20-15-7-8-16-13(11-15)5-6-14(17(16)19)12-18-9-3-2-4-10-18/h7-8,11,14,17,19H,2-6,9-10,12H2,1H3/t14-,17+/m1/s1. The topological polar surface area (TPSA) is 32.7 Å². The SMILES string of the molecule is COc1ccc2c(c1)CC[C@H](CN1CCCCC1)[C@@H]2O. The second-order valence-electron chi connectivity index (χ2n) is 6.17. The van der Waals surface area contributed by atoms with Crippen LogP contribution in [0.25, 0.3) is 0 Å². The van der Waals surface area contributed by atoms with Gasteiger partial charge in [-0.2, -0.15) is 0 Å². The van der Waals surface area contributed by atoms with Crippen LogP contribution in [-0.2, 0) is 6.42 Å². The molecule has 1 aliphatic heterocycles. The highest BCUT2D eigenvalue weighted by Crippen LogP contribution is 2.36. The van der Waals surface area contributed by atoms with Gasteiger partial charge in [0.2, 0.25) is 0 Å². The van der Waals surface area contributed by atoms with Crippen molar-refractivity contribution in [1.29, 1.82) is 0 Å². The number of likely N-dealkylation sites (tertiary alicyclic amines) is 1. The molecule has 1 heterocycles. The van der Waals surface area contributed by atoms with Crippen molar-refractivity contribution in [1.82, 2.24) is 4.90 Å². The largest absolute Gasteiger partial charge is 0.497 e. The molecule has 1 saturated heterocycles. The average molecular weight is 275 g/mol. The first kappa shape index (κ1) is 13.9. The van der Waals surface area contributed by atoms with E-state index in [1.807, 2.05) is 12.1 Å². The van der Waals surface area contributed by atoms with E-state index in [0.29, 0.717) is 5.92 Å². The van der Waals surface area contributed by atoms with Gasteiger partial charge in [0.15, 0.2) is 0 Å². The smallest absolute Gasteiger partial charge is 0.119 e. The van der Waals surface area contributed by atoms with Gasteiger partial charge in [0.25, 0.3) is 0 Å². The molecule has 110 valence electrons. The van der Waals surface area contributed by atoms with Crippen molar-refractivity contribution in [3.63, 3.8) is 0 Å². The summed E-state index contributed by atoms with van der Waals surface area (Å²) in [7, 11) is 1.69. The van der Waals surface area contributed by atoms with Crippen LogP contribution in [0.15, 0.2) is 18.2 Å². The lowest BCUT2D eigenvalue weighted by Crippen LogP contribution is -2.37. The molecule has 0 amide bonds. The summed E-state index contributed by atoms with van der Waals surface area (Å²) in [6.07, 6.45) is 5.83. The van der Waals surface area contributed by atoms with E-state index in [2.05, 4.69) is 11.0 Å². The molecule has 0 saturated carbocycles. The highest BCUT2D eigenvalue weighted by atomic mass is 16.5. The summed E-state index contributed by atoms with van der Waals surface area (Å²) in [5.41, 5.74) is 2.37. The molecular formula is C17H25NO2. The summed E-state index contributed by atoms with van der Waals surface area (Å²) in [6, 6.07) is 6.09. The Bertz CT molecular complexity index is 454. The fraction of sp³-hybridized carbons (Fsp3) is 0.647. The number of nitrogens with zero attached hydrogens (tertiary/aromatic N) is 1. The van der Waals surface area contributed by atoms with Gasteiger partial charge in [0.1, 0.15) is 5.75 Å². The van der Waals surface area contributed by atoms with Crippen LogP contribution in [-0.4, -0.2) is 36.8 Å². The van der Waals surface area contributed by atoms with Crippen molar-refractivity contribution in [3.05, 3.63) is 29.3 Å². The molecule has 2 aliphatic rings. The third-order valence-electron chi connectivity index (χ3n) is 4.84. The van der Waals surface area contributed by atoms with Crippen LogP contribution in [0, 0.1) is 5.92 Å². The van der Waals surface area contributed by atoms with Crippen molar-refractivity contribution in [2.75, 3.05) is 26.7 Å². The third kappa shape index (κ3) is 2.84. The molecule has 3 rings (SSSR count). The van der Waals surface area contributed by atoms with Gasteiger partial charge >= 0.3 is 0 Å². The summed E-state index contributed by atoms with van der Waals surface area (Å²) < 4.78 is 5.27. The summed E-state index contributed by atoms with van der Waals surface area (Å²) in [6.45, 7) is 3.46. The Morgan fingerprint density at radius 3 is 2.80 bits per heavy atom. The molecule has 1 fully saturated rings. The van der Waals surface area contributed by atoms with E-state index in [1.165, 1.54) is 37.9 Å². The van der Waals surface area contributed by atoms with Crippen LogP contribution in [0.2, 0.25) is 0 Å². The molecule has 0 aromatic heterocycles. The summed E-state index contributed by atoms with van der Waals surface area (Å²) in [5.74, 6) is 1.28. The van der Waals surface area contributed by atoms with E-state index in [9.17, 15) is 5.11 Å². The lowest BCUT2D eigenvalue weighted by atomic mass is 9.81. The van der Waals surface area contributed by atoms with Gasteiger partial charge in [0.05, 0.1) is 13.2 Å². The fourth-order valence-electron chi connectivity index (χ4n) is 3.63. The molecule has 1 aromatic rings. The van der Waals surface area contributed by atoms with Gasteiger partial charge in [-0.15, -0.1) is 0 Å². The maximum atomic E-state index is 10.6. The predicted octanol–water partition coefficient (Wildman–Crippen LogP) is 2.78. The number of piperidine rings is 1. The van der Waals surface area contributed by atoms with Crippen LogP contribution in [0.3, 0.4) is 0 Å². The molecule has 0 spiro atoms. The molecule has 0 unspecified atom stereocenters. The quantitative estimate of drug-likeness (QED) is 0.920. The average Bonchev–Trinajstić information content (AvgIpc) is 2.51. The van der Waals surface area contributed by atoms with Crippen molar-refractivity contribution in [2.45, 2.75) is 38.2 Å². The Balaban J connectivity index is 1.70. The molecule has 20 heavy (non-hydrogen) atoms. The first-order valence-electron chi connectivity index (χ1n) is 7.85. The fourth-order valence-corrected chi connectivity index (χ4v) is 3.63. The van der Waals surface area contributed by atoms with Crippen LogP contribution < -0.4 is 4.74 Å². The first-order valence-corrected chi connectivity index (χ1v) is 7.85. The third-order valence-corrected chi connectivity index (χ3v) is 4.84. The number of aryl methyl sites for hydroxylation is 1. The summed E-state index contributed by atoms with van der Waals surface area (Å²) in [4.78, 5) is 2.53. The predicted molar refractivity (Wildman–Crippen MR) is 80.1 cm³/mol. The number of fused-ring (bicyclic) bond motifs is 1. The first-order chi connectivity index (χ1) is 9.78. The van der Waals surface area contributed by atoms with Crippen LogP contribution >= 0.6 is 0 Å². The summed E-state index contributed by atoms with van der Waals surface area (Å²) in [5, 5.41) is 10.6. The number of rotatable bonds is 3. The molecule has 1 aromatic carbocycles. The van der Waals surface area contributed by atoms with E-state index in [4.69, 9.17) is 4.74 Å². The molecule has 1 aliphatic carbocycles. The monoisotopic (exact) mass is 275 g/mol. The van der Waals surface area contributed by atoms with Crippen molar-refractivity contribution in [3.8, 4) is 5.75 Å². The maximum absolute atomic E-state index is 10.6. The Hall–Kier alpha value is -1.06. The zero-order chi connectivity index (χ0) is 13.9. The number of aliphatic hydroxyl groups is 1. The summed E-state index contributed by atoms with van der Waals surface area (Å²) >= 11 is 0. The van der Waals surface area contributed by atoms with Crippen LogP contribution in [0.4, 0.5) is 0 Å². The van der Waals surface area contributed by atoms with Gasteiger partial charge < -0.3 is 14.7 Å². The molecular weight excluding hydrogens is 250 g/mol. The number of methoxy groups -OCH3 is 1. The Morgan fingerprint density at radius 1 is 1.25 bits per heavy atom. The number of aliphatic hydroxyl groups excluding tert-OH is 1. The van der Waals surface area contributed by atoms with Gasteiger partial charge in [-0.3, -0.25) is 0 Å². The van der Waals surface area contributed by atoms with Crippen molar-refractivity contribution >= 4 is 0 Å². The van der Waals surface area contributed by atoms with Crippen molar-refractivity contribution in [2.24, 2.45) is 5.92 Å². The van der Waals surface area contributed by atoms with E-state index in [-0.39, 0.29) is 6.10 Å². The zero-order valence-electron chi connectivity index (χ0n) is 12.3. The van der Waals surface area contributed by atoms with Crippen LogP contribution in [0.5, 0.6) is 5.75 Å². The highest BCUT2D eigenvalue weighted by molar-refractivity contribution is 5.38. The van der Waals surface area contributed by atoms with Gasteiger partial charge in [0, 0.05) is 12.5 Å². The zero-order valence-corrected chi connectivity index (χ0v) is 12.3. The number of hydrogen-bond donors (Lipinski definition) is 1. The van der Waals surface area contributed by atoms with Gasteiger partial charge in [-0.1, -0.05) is 12.5 Å². The molecule has 1 N–H and O–H groups in total. The van der Waals surface area contributed by atoms with E-state index < -0.39 is 0 Å². The molecule has 3 nitrogen and oxygen atoms in total. The second kappa shape index (κ2) is 6.15. The molecule has 0 radical (unpaired) electrons. The normalized spacial score (nSPS) is 27.1. The van der Waals surface area contributed by atoms with Gasteiger partial charge in [-0.25, -0.2) is 0 Å². The minimum atomic E-state index is -0.313. The Morgan fingerprint density at radius 2 is 2.05 bits per heavy atom. The molecule has 2 atom stereocenters. The number of hydrogen-bond acceptors (Lipinski definition) is 3. The molecule has 3 heteroatoms. The van der Waals surface area contributed by atoms with E-state index >= 15 is 0 Å². The Kier molecular flexibility index (Phi) is 4.27. The van der Waals surface area contributed by atoms with E-state index in [1.54, 1.807) is 7.11 Å². The lowest BCUT2D eigenvalue weighted by molar-refractivity contribution is 0.0605. The Labute approximate surface area is 121 Å². The maximum Gasteiger partial charge on any atom is 0.119 e. The van der Waals surface area contributed by atoms with Crippen LogP contribution in [0.1, 0.15) is 42.9 Å². The minimum Gasteiger partial charge on any atom is -0.497 e. The van der Waals surface area contributed by atoms with E-state index in [0.717, 1.165) is 30.7 Å². The molecule has 0 bridgehead atoms. The van der Waals surface area contributed by atoms with Gasteiger partial charge in [-0.05, 0) is 62.0 Å².